The summed E-state index contributed by atoms with van der Waals surface area (Å²) < 4.78 is 40.1. The van der Waals surface area contributed by atoms with E-state index in [2.05, 4.69) is 0 Å². The Balaban J connectivity index is 2.39. The Bertz CT molecular complexity index is 631. The predicted octanol–water partition coefficient (Wildman–Crippen LogP) is 1.88. The zero-order chi connectivity index (χ0) is 14.9. The molecule has 1 saturated heterocycles. The molecule has 110 valence electrons. The first-order chi connectivity index (χ1) is 9.32. The van der Waals surface area contributed by atoms with Gasteiger partial charge in [-0.2, -0.15) is 4.31 Å². The summed E-state index contributed by atoms with van der Waals surface area (Å²) >= 11 is 4.74. The van der Waals surface area contributed by atoms with Gasteiger partial charge in [-0.15, -0.1) is 0 Å². The third kappa shape index (κ3) is 2.99. The van der Waals surface area contributed by atoms with Crippen molar-refractivity contribution in [2.45, 2.75) is 24.7 Å². The maximum Gasteiger partial charge on any atom is 0.243 e. The number of benzene rings is 1. The molecule has 0 spiro atoms. The van der Waals surface area contributed by atoms with Gasteiger partial charge in [0.15, 0.2) is 0 Å². The Morgan fingerprint density at radius 3 is 2.80 bits per heavy atom. The van der Waals surface area contributed by atoms with Gasteiger partial charge >= 0.3 is 0 Å². The summed E-state index contributed by atoms with van der Waals surface area (Å²) in [5, 5.41) is 0. The zero-order valence-electron chi connectivity index (χ0n) is 11.2. The maximum atomic E-state index is 13.5. The molecular weight excluding hydrogens is 299 g/mol. The van der Waals surface area contributed by atoms with Crippen LogP contribution in [0.5, 0.6) is 0 Å². The second-order valence-electron chi connectivity index (χ2n) is 5.12. The minimum Gasteiger partial charge on any atom is -0.389 e. The number of sulfonamides is 1. The van der Waals surface area contributed by atoms with Crippen molar-refractivity contribution in [3.63, 3.8) is 0 Å². The summed E-state index contributed by atoms with van der Waals surface area (Å²) in [5.74, 6) is -0.280. The van der Waals surface area contributed by atoms with Crippen LogP contribution < -0.4 is 5.73 Å². The third-order valence-corrected chi connectivity index (χ3v) is 5.54. The lowest BCUT2D eigenvalue weighted by molar-refractivity contribution is 0.281. The highest BCUT2D eigenvalue weighted by atomic mass is 32.2. The van der Waals surface area contributed by atoms with Gasteiger partial charge in [0.2, 0.25) is 10.0 Å². The molecule has 0 saturated carbocycles. The van der Waals surface area contributed by atoms with Crippen molar-refractivity contribution in [1.82, 2.24) is 4.31 Å². The number of halogens is 1. The molecule has 0 radical (unpaired) electrons. The molecule has 1 aromatic rings. The Morgan fingerprint density at radius 2 is 2.20 bits per heavy atom. The van der Waals surface area contributed by atoms with Crippen molar-refractivity contribution in [2.24, 2.45) is 11.7 Å². The van der Waals surface area contributed by atoms with Crippen LogP contribution in [-0.4, -0.2) is 30.8 Å². The molecule has 1 fully saturated rings. The van der Waals surface area contributed by atoms with Gasteiger partial charge in [0.05, 0.1) is 4.90 Å². The quantitative estimate of drug-likeness (QED) is 0.865. The van der Waals surface area contributed by atoms with Crippen molar-refractivity contribution < 1.29 is 12.8 Å². The molecule has 1 aliphatic rings. The van der Waals surface area contributed by atoms with E-state index in [0.29, 0.717) is 19.0 Å². The Labute approximate surface area is 123 Å². The Kier molecular flexibility index (Phi) is 4.41. The first-order valence-electron chi connectivity index (χ1n) is 6.42. The number of hydrogen-bond acceptors (Lipinski definition) is 3. The molecule has 1 atom stereocenters. The van der Waals surface area contributed by atoms with Gasteiger partial charge in [-0.3, -0.25) is 0 Å². The van der Waals surface area contributed by atoms with Gasteiger partial charge in [-0.05, 0) is 37.0 Å². The molecule has 1 heterocycles. The number of nitrogens with zero attached hydrogens (tertiary/aromatic N) is 1. The fourth-order valence-electron chi connectivity index (χ4n) is 2.37. The Hall–Kier alpha value is -1.05. The van der Waals surface area contributed by atoms with E-state index < -0.39 is 15.8 Å². The lowest BCUT2D eigenvalue weighted by atomic mass is 10.0. The molecule has 4 nitrogen and oxygen atoms in total. The SMILES string of the molecule is CC1CCCN(S(=O)(=O)c2ccc(F)c(C(N)=S)c2)C1. The average molecular weight is 316 g/mol. The number of hydrogen-bond donors (Lipinski definition) is 1. The normalized spacial score (nSPS) is 20.8. The summed E-state index contributed by atoms with van der Waals surface area (Å²) in [6, 6.07) is 3.56. The number of piperidine rings is 1. The van der Waals surface area contributed by atoms with Crippen molar-refractivity contribution in [3.05, 3.63) is 29.6 Å². The predicted molar refractivity (Wildman–Crippen MR) is 79.4 cm³/mol. The average Bonchev–Trinajstić information content (AvgIpc) is 2.38. The van der Waals surface area contributed by atoms with Crippen molar-refractivity contribution >= 4 is 27.2 Å². The molecule has 20 heavy (non-hydrogen) atoms. The van der Waals surface area contributed by atoms with Crippen LogP contribution in [-0.2, 0) is 10.0 Å². The Morgan fingerprint density at radius 1 is 1.50 bits per heavy atom. The van der Waals surface area contributed by atoms with Gasteiger partial charge in [0.1, 0.15) is 10.8 Å². The molecule has 1 aliphatic heterocycles. The van der Waals surface area contributed by atoms with Gasteiger partial charge in [0.25, 0.3) is 0 Å². The van der Waals surface area contributed by atoms with Crippen LogP contribution in [0.1, 0.15) is 25.3 Å². The van der Waals surface area contributed by atoms with Gasteiger partial charge in [-0.1, -0.05) is 19.1 Å². The fraction of sp³-hybridized carbons (Fsp3) is 0.462. The van der Waals surface area contributed by atoms with Crippen LogP contribution in [0.15, 0.2) is 23.1 Å². The number of nitrogens with two attached hydrogens (primary N) is 1. The second kappa shape index (κ2) is 5.75. The topological polar surface area (TPSA) is 63.4 Å². The highest BCUT2D eigenvalue weighted by Crippen LogP contribution is 2.24. The number of thiocarbonyl (C=S) groups is 1. The van der Waals surface area contributed by atoms with E-state index in [0.717, 1.165) is 18.9 Å². The molecule has 0 amide bonds. The molecule has 2 rings (SSSR count). The summed E-state index contributed by atoms with van der Waals surface area (Å²) in [5.41, 5.74) is 5.37. The van der Waals surface area contributed by atoms with E-state index in [-0.39, 0.29) is 15.4 Å². The van der Waals surface area contributed by atoms with Crippen LogP contribution in [0.3, 0.4) is 0 Å². The van der Waals surface area contributed by atoms with Crippen molar-refractivity contribution in [3.8, 4) is 0 Å². The smallest absolute Gasteiger partial charge is 0.243 e. The van der Waals surface area contributed by atoms with Crippen LogP contribution in [0.2, 0.25) is 0 Å². The molecule has 1 unspecified atom stereocenters. The largest absolute Gasteiger partial charge is 0.389 e. The van der Waals surface area contributed by atoms with E-state index in [9.17, 15) is 12.8 Å². The highest BCUT2D eigenvalue weighted by Gasteiger charge is 2.29. The third-order valence-electron chi connectivity index (χ3n) is 3.46. The van der Waals surface area contributed by atoms with Gasteiger partial charge in [-0.25, -0.2) is 12.8 Å². The minimum atomic E-state index is -3.62. The fourth-order valence-corrected chi connectivity index (χ4v) is 4.15. The summed E-state index contributed by atoms with van der Waals surface area (Å²) in [7, 11) is -3.62. The molecule has 0 aliphatic carbocycles. The van der Waals surface area contributed by atoms with E-state index in [1.54, 1.807) is 0 Å². The van der Waals surface area contributed by atoms with Crippen LogP contribution in [0, 0.1) is 11.7 Å². The molecule has 7 heteroatoms. The minimum absolute atomic E-state index is 0.0360. The summed E-state index contributed by atoms with van der Waals surface area (Å²) in [6.07, 6.45) is 1.86. The van der Waals surface area contributed by atoms with Crippen LogP contribution in [0.25, 0.3) is 0 Å². The van der Waals surface area contributed by atoms with E-state index in [4.69, 9.17) is 18.0 Å². The van der Waals surface area contributed by atoms with Gasteiger partial charge < -0.3 is 5.73 Å². The molecule has 0 bridgehead atoms. The highest BCUT2D eigenvalue weighted by molar-refractivity contribution is 7.89. The molecule has 0 aromatic heterocycles. The summed E-state index contributed by atoms with van der Waals surface area (Å²) in [6.45, 7) is 3.00. The van der Waals surface area contributed by atoms with Crippen LogP contribution in [0.4, 0.5) is 4.39 Å². The van der Waals surface area contributed by atoms with E-state index in [1.807, 2.05) is 6.92 Å². The lowest BCUT2D eigenvalue weighted by Gasteiger charge is -2.30. The van der Waals surface area contributed by atoms with Gasteiger partial charge in [0, 0.05) is 18.7 Å². The zero-order valence-corrected chi connectivity index (χ0v) is 12.8. The molecular formula is C13H17FN2O2S2. The lowest BCUT2D eigenvalue weighted by Crippen LogP contribution is -2.39. The molecule has 2 N–H and O–H groups in total. The molecule has 1 aromatic carbocycles. The van der Waals surface area contributed by atoms with E-state index in [1.165, 1.54) is 16.4 Å². The monoisotopic (exact) mass is 316 g/mol. The second-order valence-corrected chi connectivity index (χ2v) is 7.49. The maximum absolute atomic E-state index is 13.5. The van der Waals surface area contributed by atoms with Crippen molar-refractivity contribution in [1.29, 1.82) is 0 Å². The number of rotatable bonds is 3. The first kappa shape index (κ1) is 15.3. The van der Waals surface area contributed by atoms with E-state index >= 15 is 0 Å². The first-order valence-corrected chi connectivity index (χ1v) is 8.26. The standard InChI is InChI=1S/C13H17FN2O2S2/c1-9-3-2-6-16(8-9)20(17,18)10-4-5-12(14)11(7-10)13(15)19/h4-5,7,9H,2-3,6,8H2,1H3,(H2,15,19). The van der Waals surface area contributed by atoms with Crippen LogP contribution >= 0.6 is 12.2 Å². The summed E-state index contributed by atoms with van der Waals surface area (Å²) in [4.78, 5) is -0.109. The van der Waals surface area contributed by atoms with Crippen molar-refractivity contribution in [2.75, 3.05) is 13.1 Å².